The number of amidine groups is 1. The number of aliphatic imine (C=N–C) groups is 1. The molecule has 0 aromatic carbocycles. The minimum Gasteiger partial charge on any atom is -0.362 e. The third-order valence-corrected chi connectivity index (χ3v) is 4.30. The predicted octanol–water partition coefficient (Wildman–Crippen LogP) is 2.65. The highest BCUT2D eigenvalue weighted by molar-refractivity contribution is 8.14. The van der Waals surface area contributed by atoms with Crippen LogP contribution in [0.2, 0.25) is 0 Å². The first-order valence-corrected chi connectivity index (χ1v) is 6.61. The average molecular weight is 212 g/mol. The molecule has 0 radical (unpaired) electrons. The van der Waals surface area contributed by atoms with E-state index in [-0.39, 0.29) is 0 Å². The lowest BCUT2D eigenvalue weighted by molar-refractivity contribution is 0.186. The minimum atomic E-state index is 0.448. The third-order valence-electron chi connectivity index (χ3n) is 3.39. The van der Waals surface area contributed by atoms with Gasteiger partial charge in [0.2, 0.25) is 0 Å². The second-order valence-electron chi connectivity index (χ2n) is 4.97. The molecule has 14 heavy (non-hydrogen) atoms. The maximum atomic E-state index is 4.46. The standard InChI is InChI=1S/C11H20N2S/c1-11(2)6-4-3-5-9(11)13-10-12-7-8-14-10/h9H,3-8H2,1-2H3,(H,12,13). The number of nitrogens with one attached hydrogen (secondary N) is 1. The molecule has 1 unspecified atom stereocenters. The molecular weight excluding hydrogens is 192 g/mol. The fourth-order valence-corrected chi connectivity index (χ4v) is 3.12. The van der Waals surface area contributed by atoms with E-state index in [2.05, 4.69) is 24.2 Å². The number of hydrogen-bond acceptors (Lipinski definition) is 3. The Hall–Kier alpha value is -0.180. The van der Waals surface area contributed by atoms with Gasteiger partial charge in [0.05, 0.1) is 6.54 Å². The van der Waals surface area contributed by atoms with Crippen LogP contribution in [0.3, 0.4) is 0 Å². The lowest BCUT2D eigenvalue weighted by Gasteiger charge is -2.39. The van der Waals surface area contributed by atoms with Gasteiger partial charge in [0.15, 0.2) is 5.17 Å². The molecule has 0 aromatic rings. The monoisotopic (exact) mass is 212 g/mol. The lowest BCUT2D eigenvalue weighted by Crippen LogP contribution is -2.45. The van der Waals surface area contributed by atoms with Gasteiger partial charge in [-0.2, -0.15) is 0 Å². The van der Waals surface area contributed by atoms with Crippen molar-refractivity contribution < 1.29 is 0 Å². The number of hydrogen-bond donors (Lipinski definition) is 1. The second-order valence-corrected chi connectivity index (χ2v) is 6.05. The fraction of sp³-hybridized carbons (Fsp3) is 0.909. The largest absolute Gasteiger partial charge is 0.362 e. The molecule has 2 aliphatic rings. The summed E-state index contributed by atoms with van der Waals surface area (Å²) in [5, 5.41) is 4.81. The maximum Gasteiger partial charge on any atom is 0.156 e. The van der Waals surface area contributed by atoms with Crippen LogP contribution in [-0.4, -0.2) is 23.5 Å². The molecule has 1 aliphatic heterocycles. The molecular formula is C11H20N2S. The van der Waals surface area contributed by atoms with Crippen molar-refractivity contribution >= 4 is 16.9 Å². The fourth-order valence-electron chi connectivity index (χ4n) is 2.33. The third kappa shape index (κ3) is 2.25. The van der Waals surface area contributed by atoms with E-state index >= 15 is 0 Å². The molecule has 1 saturated carbocycles. The van der Waals surface area contributed by atoms with Crippen LogP contribution in [0.15, 0.2) is 4.99 Å². The summed E-state index contributed by atoms with van der Waals surface area (Å²) in [5.41, 5.74) is 0.448. The van der Waals surface area contributed by atoms with Crippen LogP contribution in [0, 0.1) is 5.41 Å². The van der Waals surface area contributed by atoms with Crippen LogP contribution in [0.4, 0.5) is 0 Å². The molecule has 1 fully saturated rings. The van der Waals surface area contributed by atoms with Crippen molar-refractivity contribution in [2.45, 2.75) is 45.6 Å². The van der Waals surface area contributed by atoms with Crippen LogP contribution < -0.4 is 5.32 Å². The van der Waals surface area contributed by atoms with E-state index in [1.807, 2.05) is 11.8 Å². The van der Waals surface area contributed by atoms with Gasteiger partial charge in [0.25, 0.3) is 0 Å². The maximum absolute atomic E-state index is 4.46. The van der Waals surface area contributed by atoms with Crippen molar-refractivity contribution in [3.63, 3.8) is 0 Å². The summed E-state index contributed by atoms with van der Waals surface area (Å²) in [6, 6.07) is 0.639. The highest BCUT2D eigenvalue weighted by Crippen LogP contribution is 2.35. The molecule has 80 valence electrons. The van der Waals surface area contributed by atoms with Gasteiger partial charge in [-0.15, -0.1) is 0 Å². The van der Waals surface area contributed by atoms with Crippen LogP contribution in [0.5, 0.6) is 0 Å². The molecule has 0 aromatic heterocycles. The van der Waals surface area contributed by atoms with Gasteiger partial charge >= 0.3 is 0 Å². The Kier molecular flexibility index (Phi) is 3.05. The summed E-state index contributed by atoms with van der Waals surface area (Å²) < 4.78 is 0. The van der Waals surface area contributed by atoms with E-state index in [0.29, 0.717) is 11.5 Å². The van der Waals surface area contributed by atoms with Crippen LogP contribution in [0.1, 0.15) is 39.5 Å². The molecule has 3 heteroatoms. The number of thioether (sulfide) groups is 1. The predicted molar refractivity (Wildman–Crippen MR) is 63.9 cm³/mol. The zero-order valence-corrected chi connectivity index (χ0v) is 9.99. The van der Waals surface area contributed by atoms with Gasteiger partial charge in [-0.25, -0.2) is 0 Å². The Morgan fingerprint density at radius 2 is 2.29 bits per heavy atom. The number of nitrogens with zero attached hydrogens (tertiary/aromatic N) is 1. The zero-order chi connectivity index (χ0) is 10.0. The molecule has 0 amide bonds. The second kappa shape index (κ2) is 4.13. The number of rotatable bonds is 1. The molecule has 1 aliphatic carbocycles. The van der Waals surface area contributed by atoms with Crippen molar-refractivity contribution in [3.05, 3.63) is 0 Å². The molecule has 1 atom stereocenters. The highest BCUT2D eigenvalue weighted by atomic mass is 32.2. The normalized spacial score (nSPS) is 31.3. The van der Waals surface area contributed by atoms with Gasteiger partial charge in [-0.1, -0.05) is 38.5 Å². The first-order valence-electron chi connectivity index (χ1n) is 5.62. The first kappa shape index (κ1) is 10.3. The topological polar surface area (TPSA) is 24.4 Å². The quantitative estimate of drug-likeness (QED) is 0.722. The summed E-state index contributed by atoms with van der Waals surface area (Å²) in [7, 11) is 0. The molecule has 2 rings (SSSR count). The lowest BCUT2D eigenvalue weighted by atomic mass is 9.73. The Morgan fingerprint density at radius 1 is 1.43 bits per heavy atom. The summed E-state index contributed by atoms with van der Waals surface area (Å²) in [6.45, 7) is 5.76. The van der Waals surface area contributed by atoms with Gasteiger partial charge in [-0.05, 0) is 18.3 Å². The summed E-state index contributed by atoms with van der Waals surface area (Å²) in [4.78, 5) is 4.46. The van der Waals surface area contributed by atoms with E-state index in [4.69, 9.17) is 0 Å². The average Bonchev–Trinajstić information content (AvgIpc) is 2.61. The molecule has 0 spiro atoms. The van der Waals surface area contributed by atoms with Crippen molar-refractivity contribution in [3.8, 4) is 0 Å². The summed E-state index contributed by atoms with van der Waals surface area (Å²) >= 11 is 1.88. The van der Waals surface area contributed by atoms with E-state index in [1.54, 1.807) is 0 Å². The summed E-state index contributed by atoms with van der Waals surface area (Å²) in [6.07, 6.45) is 5.43. The van der Waals surface area contributed by atoms with E-state index in [1.165, 1.54) is 30.9 Å². The van der Waals surface area contributed by atoms with Gasteiger partial charge in [0, 0.05) is 11.8 Å². The molecule has 1 N–H and O–H groups in total. The Morgan fingerprint density at radius 3 is 2.93 bits per heavy atom. The Labute approximate surface area is 90.9 Å². The molecule has 0 bridgehead atoms. The van der Waals surface area contributed by atoms with Gasteiger partial charge in [-0.3, -0.25) is 4.99 Å². The van der Waals surface area contributed by atoms with Crippen molar-refractivity contribution in [1.29, 1.82) is 0 Å². The van der Waals surface area contributed by atoms with Crippen molar-refractivity contribution in [1.82, 2.24) is 5.32 Å². The van der Waals surface area contributed by atoms with Crippen molar-refractivity contribution in [2.75, 3.05) is 12.3 Å². The first-order chi connectivity index (χ1) is 6.68. The smallest absolute Gasteiger partial charge is 0.156 e. The Balaban J connectivity index is 1.94. The van der Waals surface area contributed by atoms with E-state index < -0.39 is 0 Å². The van der Waals surface area contributed by atoms with Crippen LogP contribution in [0.25, 0.3) is 0 Å². The highest BCUT2D eigenvalue weighted by Gasteiger charge is 2.32. The van der Waals surface area contributed by atoms with Crippen molar-refractivity contribution in [2.24, 2.45) is 10.4 Å². The van der Waals surface area contributed by atoms with Gasteiger partial charge < -0.3 is 5.32 Å². The van der Waals surface area contributed by atoms with E-state index in [9.17, 15) is 0 Å². The van der Waals surface area contributed by atoms with Crippen LogP contribution in [-0.2, 0) is 0 Å². The van der Waals surface area contributed by atoms with Gasteiger partial charge in [0.1, 0.15) is 0 Å². The van der Waals surface area contributed by atoms with Crippen LogP contribution >= 0.6 is 11.8 Å². The van der Waals surface area contributed by atoms with E-state index in [0.717, 1.165) is 12.3 Å². The Bertz CT molecular complexity index is 235. The molecule has 2 nitrogen and oxygen atoms in total. The molecule has 0 saturated heterocycles. The zero-order valence-electron chi connectivity index (χ0n) is 9.18. The summed E-state index contributed by atoms with van der Waals surface area (Å²) in [5.74, 6) is 1.16. The SMILES string of the molecule is CC1(C)CCCCC1NC1=NCCS1. The molecule has 1 heterocycles. The minimum absolute atomic E-state index is 0.448.